The van der Waals surface area contributed by atoms with Gasteiger partial charge in [0.15, 0.2) is 5.13 Å². The molecule has 0 bridgehead atoms. The van der Waals surface area contributed by atoms with Crippen LogP contribution >= 0.6 is 11.3 Å². The van der Waals surface area contributed by atoms with Crippen molar-refractivity contribution in [2.45, 2.75) is 51.1 Å². The molecule has 4 N–H and O–H groups in total. The number of hydrogen-bond acceptors (Lipinski definition) is 8. The fourth-order valence-corrected chi connectivity index (χ4v) is 6.98. The van der Waals surface area contributed by atoms with Crippen LogP contribution in [0.4, 0.5) is 14.3 Å². The van der Waals surface area contributed by atoms with Crippen LogP contribution in [0.1, 0.15) is 30.9 Å². The fourth-order valence-electron chi connectivity index (χ4n) is 6.20. The van der Waals surface area contributed by atoms with Gasteiger partial charge in [-0.3, -0.25) is 14.6 Å². The number of piperazine rings is 1. The number of anilines is 1. The first-order valence-electron chi connectivity index (χ1n) is 15.1. The smallest absolute Gasteiger partial charge is 0.332 e. The van der Waals surface area contributed by atoms with E-state index < -0.39 is 18.4 Å². The van der Waals surface area contributed by atoms with Crippen LogP contribution < -0.4 is 11.1 Å². The molecule has 1 aromatic heterocycles. The first-order chi connectivity index (χ1) is 21.7. The van der Waals surface area contributed by atoms with Gasteiger partial charge in [-0.05, 0) is 41.3 Å². The number of carbonyl (C=O) groups excluding carboxylic acids is 3. The summed E-state index contributed by atoms with van der Waals surface area (Å²) in [5.41, 5.74) is 9.19. The minimum atomic E-state index is -1.02. The van der Waals surface area contributed by atoms with Crippen molar-refractivity contribution in [3.05, 3.63) is 77.4 Å². The van der Waals surface area contributed by atoms with E-state index in [1.54, 1.807) is 56.2 Å². The number of nitrogen functional groups attached to an aromatic ring is 1. The van der Waals surface area contributed by atoms with Gasteiger partial charge in [-0.2, -0.15) is 5.01 Å². The Kier molecular flexibility index (Phi) is 8.72. The lowest BCUT2D eigenvalue weighted by Gasteiger charge is -2.46. The molecule has 3 heterocycles. The SMILES string of the molecule is CCCN(C(=O)NCC1=CCC(F)C=C1)N1CC(=O)N2[C@@H](Cc3ccc(O)cc3)C(=O)N(Cc3cccc4sc(N)nc34)C[C@@H]21. The van der Waals surface area contributed by atoms with Crippen molar-refractivity contribution in [3.63, 3.8) is 0 Å². The molecule has 1 aliphatic carbocycles. The molecule has 2 fully saturated rings. The number of benzene rings is 2. The number of allylic oxidation sites excluding steroid dienone is 2. The van der Waals surface area contributed by atoms with E-state index in [2.05, 4.69) is 10.3 Å². The summed E-state index contributed by atoms with van der Waals surface area (Å²) in [5.74, 6) is -0.340. The van der Waals surface area contributed by atoms with Crippen molar-refractivity contribution >= 4 is 44.5 Å². The first kappa shape index (κ1) is 30.5. The number of thiazole rings is 1. The molecule has 0 saturated carbocycles. The highest BCUT2D eigenvalue weighted by atomic mass is 32.1. The molecule has 0 radical (unpaired) electrons. The molecule has 1 unspecified atom stereocenters. The predicted octanol–water partition coefficient (Wildman–Crippen LogP) is 3.57. The number of aromatic hydroxyl groups is 1. The van der Waals surface area contributed by atoms with Crippen LogP contribution in [0.25, 0.3) is 10.2 Å². The van der Waals surface area contributed by atoms with Crippen molar-refractivity contribution in [2.75, 3.05) is 31.9 Å². The minimum absolute atomic E-state index is 0.0599. The number of phenols is 1. The number of phenolic OH excluding ortho intramolecular Hbond substituents is 1. The number of nitrogens with one attached hydrogen (secondary N) is 1. The van der Waals surface area contributed by atoms with E-state index in [4.69, 9.17) is 5.73 Å². The topological polar surface area (TPSA) is 135 Å². The minimum Gasteiger partial charge on any atom is -0.508 e. The molecular weight excluding hydrogens is 597 g/mol. The van der Waals surface area contributed by atoms with Gasteiger partial charge in [-0.1, -0.05) is 60.8 Å². The number of urea groups is 1. The average molecular weight is 634 g/mol. The second-order valence-electron chi connectivity index (χ2n) is 11.5. The van der Waals surface area contributed by atoms with Crippen molar-refractivity contribution in [1.29, 1.82) is 0 Å². The normalized spacial score (nSPS) is 21.7. The van der Waals surface area contributed by atoms with Gasteiger partial charge in [0, 0.05) is 32.5 Å². The summed E-state index contributed by atoms with van der Waals surface area (Å²) in [6, 6.07) is 11.2. The van der Waals surface area contributed by atoms with E-state index in [1.807, 2.05) is 25.1 Å². The molecule has 3 atom stereocenters. The quantitative estimate of drug-likeness (QED) is 0.328. The molecule has 6 rings (SSSR count). The first-order valence-corrected chi connectivity index (χ1v) is 15.9. The molecule has 11 nitrogen and oxygen atoms in total. The lowest BCUT2D eigenvalue weighted by Crippen LogP contribution is -2.66. The molecular formula is C32H36FN7O4S. The number of aromatic nitrogens is 1. The maximum Gasteiger partial charge on any atom is 0.332 e. The van der Waals surface area contributed by atoms with Gasteiger partial charge in [-0.15, -0.1) is 0 Å². The highest BCUT2D eigenvalue weighted by Gasteiger charge is 2.52. The van der Waals surface area contributed by atoms with E-state index in [1.165, 1.54) is 17.4 Å². The summed E-state index contributed by atoms with van der Waals surface area (Å²) < 4.78 is 14.4. The van der Waals surface area contributed by atoms with Crippen molar-refractivity contribution in [2.24, 2.45) is 0 Å². The molecule has 3 aromatic rings. The molecule has 236 valence electrons. The summed E-state index contributed by atoms with van der Waals surface area (Å²) >= 11 is 1.38. The van der Waals surface area contributed by atoms with Gasteiger partial charge in [0.05, 0.1) is 23.3 Å². The van der Waals surface area contributed by atoms with Crippen LogP contribution in [-0.2, 0) is 22.6 Å². The third kappa shape index (κ3) is 6.36. The van der Waals surface area contributed by atoms with Gasteiger partial charge in [-0.25, -0.2) is 14.2 Å². The number of nitrogens with two attached hydrogens (primary N) is 1. The van der Waals surface area contributed by atoms with Gasteiger partial charge in [0.1, 0.15) is 24.1 Å². The van der Waals surface area contributed by atoms with Crippen LogP contribution in [0.3, 0.4) is 0 Å². The zero-order chi connectivity index (χ0) is 31.7. The van der Waals surface area contributed by atoms with Gasteiger partial charge in [0.25, 0.3) is 0 Å². The third-order valence-electron chi connectivity index (χ3n) is 8.36. The average Bonchev–Trinajstić information content (AvgIpc) is 3.57. The maximum atomic E-state index is 14.2. The van der Waals surface area contributed by atoms with Crippen LogP contribution in [-0.4, -0.2) is 92.3 Å². The number of para-hydroxylation sites is 1. The Bertz CT molecular complexity index is 1660. The van der Waals surface area contributed by atoms with E-state index in [0.717, 1.165) is 26.9 Å². The molecule has 13 heteroatoms. The van der Waals surface area contributed by atoms with Crippen LogP contribution in [0, 0.1) is 0 Å². The molecule has 3 aliphatic rings. The fraction of sp³-hybridized carbons (Fsp3) is 0.375. The number of hydrogen-bond donors (Lipinski definition) is 3. The number of carbonyl (C=O) groups is 3. The van der Waals surface area contributed by atoms with Crippen LogP contribution in [0.2, 0.25) is 0 Å². The summed E-state index contributed by atoms with van der Waals surface area (Å²) in [7, 11) is 0. The van der Waals surface area contributed by atoms with Crippen molar-refractivity contribution in [1.82, 2.24) is 30.1 Å². The number of hydrazine groups is 1. The Labute approximate surface area is 264 Å². The molecule has 2 aliphatic heterocycles. The van der Waals surface area contributed by atoms with Crippen LogP contribution in [0.15, 0.2) is 66.3 Å². The second kappa shape index (κ2) is 12.9. The van der Waals surface area contributed by atoms with Crippen LogP contribution in [0.5, 0.6) is 5.75 Å². The molecule has 0 spiro atoms. The predicted molar refractivity (Wildman–Crippen MR) is 170 cm³/mol. The second-order valence-corrected chi connectivity index (χ2v) is 12.5. The van der Waals surface area contributed by atoms with E-state index in [-0.39, 0.29) is 62.6 Å². The number of nitrogens with zero attached hydrogens (tertiary/aromatic N) is 5. The Hall–Kier alpha value is -4.49. The van der Waals surface area contributed by atoms with E-state index in [9.17, 15) is 23.9 Å². The lowest BCUT2D eigenvalue weighted by atomic mass is 9.99. The van der Waals surface area contributed by atoms with Gasteiger partial charge < -0.3 is 26.0 Å². The number of halogens is 1. The highest BCUT2D eigenvalue weighted by molar-refractivity contribution is 7.22. The third-order valence-corrected chi connectivity index (χ3v) is 9.21. The van der Waals surface area contributed by atoms with E-state index in [0.29, 0.717) is 18.1 Å². The van der Waals surface area contributed by atoms with Crippen molar-refractivity contribution in [3.8, 4) is 5.75 Å². The number of alkyl halides is 1. The molecule has 4 amide bonds. The monoisotopic (exact) mass is 633 g/mol. The summed E-state index contributed by atoms with van der Waals surface area (Å²) in [5, 5.41) is 16.5. The molecule has 2 saturated heterocycles. The van der Waals surface area contributed by atoms with Crippen molar-refractivity contribution < 1.29 is 23.9 Å². The Morgan fingerprint density at radius 2 is 2.02 bits per heavy atom. The molecule has 45 heavy (non-hydrogen) atoms. The Morgan fingerprint density at radius 3 is 2.76 bits per heavy atom. The highest BCUT2D eigenvalue weighted by Crippen LogP contribution is 2.32. The number of amides is 4. The van der Waals surface area contributed by atoms with Gasteiger partial charge >= 0.3 is 6.03 Å². The lowest BCUT2D eigenvalue weighted by molar-refractivity contribution is -0.157. The zero-order valence-corrected chi connectivity index (χ0v) is 25.8. The summed E-state index contributed by atoms with van der Waals surface area (Å²) in [6.45, 7) is 2.93. The standard InChI is InChI=1S/C32H36FN7O4S/c1-2-14-38(32(44)35-16-21-6-10-23(33)11-7-21)39-19-28(42)40-25(15-20-8-12-24(41)13-9-20)30(43)37(18-27(39)40)17-22-4-3-5-26-29(22)36-31(34)45-26/h3-10,12-13,23,25,27,41H,2,11,14-19H2,1H3,(H2,34,36)(H,35,44)/t23?,25-,27+/m0/s1. The number of rotatable bonds is 9. The van der Waals surface area contributed by atoms with E-state index >= 15 is 0 Å². The van der Waals surface area contributed by atoms with Gasteiger partial charge in [0.2, 0.25) is 11.8 Å². The largest absolute Gasteiger partial charge is 0.508 e. The Morgan fingerprint density at radius 1 is 1.22 bits per heavy atom. The maximum absolute atomic E-state index is 14.2. The summed E-state index contributed by atoms with van der Waals surface area (Å²) in [4.78, 5) is 49.3. The summed E-state index contributed by atoms with van der Waals surface area (Å²) in [6.07, 6.45) is 4.47. The Balaban J connectivity index is 1.29. The molecule has 2 aromatic carbocycles. The number of fused-ring (bicyclic) bond motifs is 2. The zero-order valence-electron chi connectivity index (χ0n) is 24.9.